The maximum atomic E-state index is 12.8. The molecule has 3 aromatic carbocycles. The standard InChI is InChI=1S/C21H14BrN2O.No/c22-15-10-12-16(13-11-15)23-19-14-21(25)24(17-6-2-1-3-7-17)20-9-5-4-8-18(19)20;/h1-13,23H;/q-1;. The van der Waals surface area contributed by atoms with E-state index in [2.05, 4.69) is 27.3 Å². The number of nitrogens with one attached hydrogen (secondary N) is 1. The number of rotatable bonds is 3. The van der Waals surface area contributed by atoms with E-state index in [1.807, 2.05) is 78.9 Å². The third kappa shape index (κ3) is 3.06. The smallest absolute Gasteiger partial charge is 0.165 e. The minimum Gasteiger partial charge on any atom is -0.389 e. The summed E-state index contributed by atoms with van der Waals surface area (Å²) in [6, 6.07) is 28.2. The molecule has 26 heavy (non-hydrogen) atoms. The van der Waals surface area contributed by atoms with E-state index >= 15 is 0 Å². The molecule has 136 valence electrons. The van der Waals surface area contributed by atoms with Crippen LogP contribution in [0.5, 0.6) is 0 Å². The van der Waals surface area contributed by atoms with Crippen molar-refractivity contribution in [3.05, 3.63) is 99.8 Å². The number of hydrogen-bond donors (Lipinski definition) is 1. The number of pyridine rings is 1. The van der Waals surface area contributed by atoms with Gasteiger partial charge in [-0.1, -0.05) is 52.3 Å². The topological polar surface area (TPSA) is 34.0 Å². The molecule has 0 aliphatic heterocycles. The average molecular weight is 649 g/mol. The third-order valence-electron chi connectivity index (χ3n) is 3.98. The van der Waals surface area contributed by atoms with Crippen molar-refractivity contribution < 1.29 is 0 Å². The first kappa shape index (κ1) is 17.0. The van der Waals surface area contributed by atoms with Crippen molar-refractivity contribution in [2.24, 2.45) is 0 Å². The van der Waals surface area contributed by atoms with Crippen molar-refractivity contribution in [3.8, 4) is 5.69 Å². The summed E-state index contributed by atoms with van der Waals surface area (Å²) in [4.78, 5) is 12.8. The van der Waals surface area contributed by atoms with Gasteiger partial charge in [-0.2, -0.15) is 6.07 Å². The second kappa shape index (κ2) is 6.95. The zero-order valence-corrected chi connectivity index (χ0v) is 17.3. The van der Waals surface area contributed by atoms with Gasteiger partial charge in [-0.3, -0.25) is 4.79 Å². The molecule has 0 unspecified atom stereocenters. The van der Waals surface area contributed by atoms with Gasteiger partial charge in [0, 0.05) is 15.8 Å². The van der Waals surface area contributed by atoms with Gasteiger partial charge < -0.3 is 9.88 Å². The van der Waals surface area contributed by atoms with Crippen LogP contribution in [0.1, 0.15) is 0 Å². The van der Waals surface area contributed by atoms with Gasteiger partial charge in [0.05, 0.1) is 0 Å². The molecule has 3 nitrogen and oxygen atoms in total. The van der Waals surface area contributed by atoms with E-state index in [9.17, 15) is 4.79 Å². The summed E-state index contributed by atoms with van der Waals surface area (Å²) in [6.07, 6.45) is 0. The molecule has 0 atom stereocenters. The van der Waals surface area contributed by atoms with Gasteiger partial charge in [-0.05, 0) is 41.9 Å². The zero-order valence-electron chi connectivity index (χ0n) is 13.5. The fourth-order valence-corrected chi connectivity index (χ4v) is 3.09. The van der Waals surface area contributed by atoms with Crippen molar-refractivity contribution in [1.82, 2.24) is 4.57 Å². The van der Waals surface area contributed by atoms with E-state index in [1.54, 1.807) is 4.57 Å². The van der Waals surface area contributed by atoms with Crippen LogP contribution in [0.2, 0.25) is 0 Å². The SMILES string of the molecule is O=c1[c-]c(Nc2ccc(Br)cc2)c2ccccc2n1-c1ccccc1.[No]. The summed E-state index contributed by atoms with van der Waals surface area (Å²) in [5, 5.41) is 4.24. The second-order valence-corrected chi connectivity index (χ2v) is 6.54. The number of aromatic nitrogens is 1. The predicted molar refractivity (Wildman–Crippen MR) is 106 cm³/mol. The van der Waals surface area contributed by atoms with Crippen molar-refractivity contribution in [1.29, 1.82) is 0 Å². The fraction of sp³-hybridized carbons (Fsp3) is 0. The number of benzene rings is 3. The van der Waals surface area contributed by atoms with Gasteiger partial charge >= 0.3 is 0 Å². The molecule has 0 radical (unpaired) electrons. The van der Waals surface area contributed by atoms with Crippen molar-refractivity contribution in [3.63, 3.8) is 0 Å². The minimum atomic E-state index is -0.190. The molecular formula is C21H14BrN2NoO-. The van der Waals surface area contributed by atoms with Crippen LogP contribution in [-0.2, 0) is 0 Å². The number of nitrogens with zero attached hydrogens (tertiary/aromatic N) is 1. The number of halogens is 1. The molecule has 1 aromatic heterocycles. The first-order chi connectivity index (χ1) is 12.2. The molecule has 5 heteroatoms. The maximum Gasteiger partial charge on any atom is 0.165 e. The summed E-state index contributed by atoms with van der Waals surface area (Å²) in [7, 11) is 0. The number of para-hydroxylation sites is 2. The van der Waals surface area contributed by atoms with Crippen LogP contribution in [-0.4, -0.2) is 4.57 Å². The van der Waals surface area contributed by atoms with Crippen molar-refractivity contribution >= 4 is 38.2 Å². The molecule has 0 aliphatic carbocycles. The molecule has 0 fully saturated rings. The summed E-state index contributed by atoms with van der Waals surface area (Å²) in [5.41, 5.74) is 3.06. The number of fused-ring (bicyclic) bond motifs is 1. The van der Waals surface area contributed by atoms with E-state index < -0.39 is 0 Å². The molecule has 0 aliphatic rings. The molecule has 0 spiro atoms. The first-order valence-electron chi connectivity index (χ1n) is 7.87. The first-order valence-corrected chi connectivity index (χ1v) is 8.67. The Labute approximate surface area is 153 Å². The Hall–Kier alpha value is -3.85. The average Bonchev–Trinajstić information content (AvgIpc) is 2.64. The molecule has 4 aromatic rings. The van der Waals surface area contributed by atoms with E-state index in [-0.39, 0.29) is 5.56 Å². The van der Waals surface area contributed by atoms with Crippen LogP contribution in [0.15, 0.2) is 88.1 Å². The summed E-state index contributed by atoms with van der Waals surface area (Å²) in [5.74, 6) is 0. The quantitative estimate of drug-likeness (QED) is 0.306. The van der Waals surface area contributed by atoms with Crippen molar-refractivity contribution in [2.75, 3.05) is 5.32 Å². The fourth-order valence-electron chi connectivity index (χ4n) is 2.83. The van der Waals surface area contributed by atoms with Crippen LogP contribution in [0.4, 0.5) is 11.4 Å². The molecule has 0 amide bonds. The Balaban J connectivity index is 0.00000196. The molecule has 0 bridgehead atoms. The molecule has 1 heterocycles. The van der Waals surface area contributed by atoms with Gasteiger partial charge in [-0.25, -0.2) is 0 Å². The van der Waals surface area contributed by atoms with Crippen molar-refractivity contribution in [2.45, 2.75) is 0 Å². The molecule has 0 saturated heterocycles. The Kier molecular flexibility index (Phi) is 4.54. The predicted octanol–water partition coefficient (Wildman–Crippen LogP) is 5.30. The third-order valence-corrected chi connectivity index (χ3v) is 4.51. The minimum absolute atomic E-state index is 0. The van der Waals surface area contributed by atoms with Crippen LogP contribution in [0.3, 0.4) is 0 Å². The Morgan fingerprint density at radius 1 is 0.846 bits per heavy atom. The van der Waals surface area contributed by atoms with Crippen LogP contribution in [0.25, 0.3) is 16.6 Å². The summed E-state index contributed by atoms with van der Waals surface area (Å²) in [6.45, 7) is 0. The van der Waals surface area contributed by atoms with Gasteiger partial charge in [0.25, 0.3) is 0 Å². The molecule has 0 saturated carbocycles. The summed E-state index contributed by atoms with van der Waals surface area (Å²) < 4.78 is 2.69. The van der Waals surface area contributed by atoms with Gasteiger partial charge in [0.15, 0.2) is 5.56 Å². The normalized spacial score (nSPS) is 10.3. The van der Waals surface area contributed by atoms with Crippen LogP contribution < -0.4 is 10.9 Å². The molecular weight excluding hydrogens is 635 g/mol. The van der Waals surface area contributed by atoms with Crippen LogP contribution in [0, 0.1) is 6.07 Å². The largest absolute Gasteiger partial charge is 0.389 e. The molecule has 4 rings (SSSR count). The number of anilines is 2. The van der Waals surface area contributed by atoms with E-state index in [0.29, 0.717) is 5.69 Å². The zero-order chi connectivity index (χ0) is 17.2. The second-order valence-electron chi connectivity index (χ2n) is 5.63. The van der Waals surface area contributed by atoms with Gasteiger partial charge in [0.2, 0.25) is 0 Å². The van der Waals surface area contributed by atoms with E-state index in [1.165, 1.54) is 0 Å². The number of hydrogen-bond acceptors (Lipinski definition) is 2. The summed E-state index contributed by atoms with van der Waals surface area (Å²) >= 11 is 3.43. The Morgan fingerprint density at radius 3 is 2.23 bits per heavy atom. The Bertz CT molecular complexity index is 1090. The molecule has 1 N–H and O–H groups in total. The maximum absolute atomic E-state index is 12.8. The Morgan fingerprint density at radius 2 is 1.50 bits per heavy atom. The van der Waals surface area contributed by atoms with Gasteiger partial charge in [0.1, 0.15) is 0 Å². The monoisotopic (exact) mass is 648 g/mol. The van der Waals surface area contributed by atoms with Crippen LogP contribution >= 0.6 is 15.9 Å². The van der Waals surface area contributed by atoms with Gasteiger partial charge in [-0.15, -0.1) is 17.1 Å². The van der Waals surface area contributed by atoms with E-state index in [4.69, 9.17) is 0 Å². The van der Waals surface area contributed by atoms with E-state index in [0.717, 1.165) is 26.8 Å².